The van der Waals surface area contributed by atoms with Gasteiger partial charge in [0.25, 0.3) is 0 Å². The third-order valence-electron chi connectivity index (χ3n) is 5.63. The number of nitrogens with zero attached hydrogens (tertiary/aromatic N) is 6. The summed E-state index contributed by atoms with van der Waals surface area (Å²) in [5, 5.41) is 37.2. The third kappa shape index (κ3) is 3.36. The van der Waals surface area contributed by atoms with Crippen LogP contribution in [0, 0.1) is 45.3 Å². The van der Waals surface area contributed by atoms with E-state index in [4.69, 9.17) is 8.83 Å². The van der Waals surface area contributed by atoms with Crippen molar-refractivity contribution < 1.29 is 35.2 Å². The lowest BCUT2D eigenvalue weighted by atomic mass is 9.99. The second-order valence-corrected chi connectivity index (χ2v) is 7.69. The first-order valence-corrected chi connectivity index (χ1v) is 10.0. The summed E-state index contributed by atoms with van der Waals surface area (Å²) in [6, 6.07) is 7.59. The Kier molecular flexibility index (Phi) is 5.05. The summed E-state index contributed by atoms with van der Waals surface area (Å²) in [6.07, 6.45) is -8.20. The van der Waals surface area contributed by atoms with E-state index in [9.17, 15) is 47.4 Å². The number of pyridine rings is 2. The number of halogens is 6. The van der Waals surface area contributed by atoms with Gasteiger partial charge in [0.05, 0.1) is 10.4 Å². The molecule has 38 heavy (non-hydrogen) atoms. The van der Waals surface area contributed by atoms with E-state index in [2.05, 4.69) is 9.97 Å². The van der Waals surface area contributed by atoms with Gasteiger partial charge in [-0.25, -0.2) is 0 Å². The molecular formula is C24H4F6N6O2. The molecule has 0 saturated carbocycles. The molecule has 0 aliphatic rings. The number of rotatable bonds is 0. The van der Waals surface area contributed by atoms with Crippen molar-refractivity contribution in [3.05, 3.63) is 46.4 Å². The molecule has 4 aromatic heterocycles. The number of benzene rings is 1. The molecule has 0 saturated heterocycles. The molecule has 0 aliphatic carbocycles. The molecule has 0 bridgehead atoms. The number of aromatic nitrogens is 2. The van der Waals surface area contributed by atoms with Gasteiger partial charge in [-0.1, -0.05) is 0 Å². The van der Waals surface area contributed by atoms with Crippen molar-refractivity contribution in [3.8, 4) is 24.3 Å². The van der Waals surface area contributed by atoms with Crippen LogP contribution in [0.5, 0.6) is 0 Å². The molecule has 0 fully saturated rings. The average Bonchev–Trinajstić information content (AvgIpc) is 3.43. The van der Waals surface area contributed by atoms with Crippen LogP contribution in [-0.2, 0) is 12.4 Å². The topological polar surface area (TPSA) is 147 Å². The van der Waals surface area contributed by atoms with Crippen molar-refractivity contribution in [2.45, 2.75) is 12.4 Å². The van der Waals surface area contributed by atoms with E-state index in [-0.39, 0.29) is 43.1 Å². The summed E-state index contributed by atoms with van der Waals surface area (Å²) in [7, 11) is 0. The maximum absolute atomic E-state index is 13.3. The standard InChI is InChI=1S/C24H4F6N6O2/c25-23(26,27)15-1-13-11(7-35-15)19-17(9(3-31)4-32)22-20(18(21(19)37-13)10(5-33)6-34)12-8-36-16(24(28,29)30)2-14(12)38-22/h1-2,7-8H. The van der Waals surface area contributed by atoms with Crippen molar-refractivity contribution >= 4 is 55.0 Å². The van der Waals surface area contributed by atoms with Gasteiger partial charge in [0, 0.05) is 46.1 Å². The number of hydrogen-bond donors (Lipinski definition) is 0. The number of alkyl halides is 6. The first-order valence-electron chi connectivity index (χ1n) is 10.0. The Morgan fingerprint density at radius 2 is 0.974 bits per heavy atom. The smallest absolute Gasteiger partial charge is 0.433 e. The van der Waals surface area contributed by atoms with Crippen LogP contribution >= 0.6 is 0 Å². The maximum atomic E-state index is 13.3. The Labute approximate surface area is 204 Å². The van der Waals surface area contributed by atoms with Crippen LogP contribution in [-0.4, -0.2) is 9.97 Å². The molecule has 0 N–H and O–H groups in total. The van der Waals surface area contributed by atoms with Crippen molar-refractivity contribution in [1.82, 2.24) is 9.97 Å². The van der Waals surface area contributed by atoms with Crippen LogP contribution in [0.3, 0.4) is 0 Å². The largest absolute Gasteiger partial charge is 0.455 e. The van der Waals surface area contributed by atoms with Gasteiger partial charge >= 0.3 is 12.4 Å². The normalized spacial score (nSPS) is 11.8. The van der Waals surface area contributed by atoms with Crippen LogP contribution in [0.25, 0.3) is 55.0 Å². The van der Waals surface area contributed by atoms with Crippen molar-refractivity contribution in [2.75, 3.05) is 0 Å². The molecular weight excluding hydrogens is 518 g/mol. The average molecular weight is 522 g/mol. The van der Waals surface area contributed by atoms with Gasteiger partial charge in [0.1, 0.15) is 69.1 Å². The quantitative estimate of drug-likeness (QED) is 0.266. The highest BCUT2D eigenvalue weighted by Crippen LogP contribution is 2.36. The highest BCUT2D eigenvalue weighted by Gasteiger charge is 2.35. The fraction of sp³-hybridized carbons (Fsp3) is 0.0833. The molecule has 5 aromatic rings. The molecule has 8 nitrogen and oxygen atoms in total. The van der Waals surface area contributed by atoms with Gasteiger partial charge < -0.3 is 8.83 Å². The van der Waals surface area contributed by atoms with E-state index in [1.807, 2.05) is 0 Å². The van der Waals surface area contributed by atoms with E-state index in [1.54, 1.807) is 24.3 Å². The Morgan fingerprint density at radius 3 is 1.26 bits per heavy atom. The Hall–Kier alpha value is -5.60. The fourth-order valence-corrected chi connectivity index (χ4v) is 4.12. The summed E-state index contributed by atoms with van der Waals surface area (Å²) in [4.78, 5) is 6.73. The van der Waals surface area contributed by atoms with Gasteiger partial charge in [-0.3, -0.25) is 9.97 Å². The highest BCUT2D eigenvalue weighted by atomic mass is 19.4. The molecule has 184 valence electrons. The van der Waals surface area contributed by atoms with Gasteiger partial charge in [-0.2, -0.15) is 47.4 Å². The van der Waals surface area contributed by atoms with Crippen molar-refractivity contribution in [3.63, 3.8) is 0 Å². The van der Waals surface area contributed by atoms with Crippen molar-refractivity contribution in [1.29, 1.82) is 21.0 Å². The number of furan rings is 2. The summed E-state index contributed by atoms with van der Waals surface area (Å²) >= 11 is 0. The zero-order valence-corrected chi connectivity index (χ0v) is 18.1. The van der Waals surface area contributed by atoms with Crippen LogP contribution in [0.1, 0.15) is 11.4 Å². The SMILES string of the molecule is N#CC(C#N)=c1c2oc3cc(C(F)(F)F)ncc3c2c(=C(C#N)C#N)c2oc3cc(C(F)(F)F)ncc3c12. The fourth-order valence-electron chi connectivity index (χ4n) is 4.12. The molecule has 1 aromatic carbocycles. The van der Waals surface area contributed by atoms with Crippen molar-refractivity contribution in [2.24, 2.45) is 0 Å². The number of nitriles is 4. The van der Waals surface area contributed by atoms with Crippen LogP contribution < -0.4 is 10.4 Å². The molecule has 0 unspecified atom stereocenters. The molecule has 0 amide bonds. The molecule has 5 rings (SSSR count). The lowest BCUT2D eigenvalue weighted by Crippen LogP contribution is -2.16. The number of hydrogen-bond acceptors (Lipinski definition) is 8. The summed E-state index contributed by atoms with van der Waals surface area (Å²) in [6.45, 7) is 0. The molecule has 4 heterocycles. The van der Waals surface area contributed by atoms with E-state index < -0.39 is 46.1 Å². The molecule has 0 atom stereocenters. The predicted molar refractivity (Wildman–Crippen MR) is 115 cm³/mol. The maximum Gasteiger partial charge on any atom is 0.433 e. The third-order valence-corrected chi connectivity index (χ3v) is 5.63. The minimum absolute atomic E-state index is 0.140. The van der Waals surface area contributed by atoms with Crippen LogP contribution in [0.4, 0.5) is 26.3 Å². The second-order valence-electron chi connectivity index (χ2n) is 7.69. The molecule has 0 spiro atoms. The molecule has 0 radical (unpaired) electrons. The Balaban J connectivity index is 2.20. The lowest BCUT2D eigenvalue weighted by molar-refractivity contribution is -0.141. The number of fused-ring (bicyclic) bond motifs is 6. The zero-order chi connectivity index (χ0) is 27.6. The van der Waals surface area contributed by atoms with E-state index in [1.165, 1.54) is 0 Å². The van der Waals surface area contributed by atoms with Gasteiger partial charge in [0.15, 0.2) is 0 Å². The first-order chi connectivity index (χ1) is 17.9. The van der Waals surface area contributed by atoms with E-state index in [0.717, 1.165) is 12.4 Å². The highest BCUT2D eigenvalue weighted by molar-refractivity contribution is 6.17. The van der Waals surface area contributed by atoms with Gasteiger partial charge in [0.2, 0.25) is 0 Å². The summed E-state index contributed by atoms with van der Waals surface area (Å²) < 4.78 is 91.0. The summed E-state index contributed by atoms with van der Waals surface area (Å²) in [5.74, 6) is 0. The minimum Gasteiger partial charge on any atom is -0.455 e. The van der Waals surface area contributed by atoms with Gasteiger partial charge in [-0.05, 0) is 0 Å². The minimum atomic E-state index is -4.86. The molecule has 14 heteroatoms. The van der Waals surface area contributed by atoms with Crippen LogP contribution in [0.15, 0.2) is 33.4 Å². The Bertz CT molecular complexity index is 1970. The van der Waals surface area contributed by atoms with E-state index >= 15 is 0 Å². The monoisotopic (exact) mass is 522 g/mol. The molecule has 0 aliphatic heterocycles. The van der Waals surface area contributed by atoms with Gasteiger partial charge in [-0.15, -0.1) is 0 Å². The second kappa shape index (κ2) is 7.95. The predicted octanol–water partition coefficient (Wildman–Crippen LogP) is 4.71. The summed E-state index contributed by atoms with van der Waals surface area (Å²) in [5.41, 5.74) is -5.52. The Morgan fingerprint density at radius 1 is 0.632 bits per heavy atom. The van der Waals surface area contributed by atoms with Crippen LogP contribution in [0.2, 0.25) is 0 Å². The lowest BCUT2D eigenvalue weighted by Gasteiger charge is -2.04. The zero-order valence-electron chi connectivity index (χ0n) is 18.1. The first kappa shape index (κ1) is 24.1. The van der Waals surface area contributed by atoms with E-state index in [0.29, 0.717) is 12.1 Å².